The van der Waals surface area contributed by atoms with Crippen LogP contribution in [0.15, 0.2) is 109 Å². The van der Waals surface area contributed by atoms with Crippen molar-refractivity contribution in [3.8, 4) is 5.69 Å². The molecule has 0 unspecified atom stereocenters. The van der Waals surface area contributed by atoms with Gasteiger partial charge in [0.1, 0.15) is 0 Å². The molecule has 0 radical (unpaired) electrons. The second kappa shape index (κ2) is 8.27. The summed E-state index contributed by atoms with van der Waals surface area (Å²) in [6.45, 7) is 0.498. The van der Waals surface area contributed by atoms with Crippen LogP contribution in [-0.4, -0.2) is 10.6 Å². The fraction of sp³-hybridized carbons (Fsp3) is 0.0417. The summed E-state index contributed by atoms with van der Waals surface area (Å²) < 4.78 is 2.03. The minimum Gasteiger partial charge on any atom is -0.324 e. The van der Waals surface area contributed by atoms with Crippen molar-refractivity contribution in [2.24, 2.45) is 0 Å². The molecule has 0 atom stereocenters. The Morgan fingerprint density at radius 3 is 2.00 bits per heavy atom. The van der Waals surface area contributed by atoms with Crippen LogP contribution in [0.4, 0.5) is 16.2 Å². The molecular weight excluding hydrogens is 346 g/mol. The molecule has 0 fully saturated rings. The Balaban J connectivity index is 1.53. The van der Waals surface area contributed by atoms with Crippen LogP contribution in [0.2, 0.25) is 0 Å². The van der Waals surface area contributed by atoms with E-state index >= 15 is 0 Å². The maximum atomic E-state index is 13.0. The van der Waals surface area contributed by atoms with Gasteiger partial charge in [0.2, 0.25) is 0 Å². The van der Waals surface area contributed by atoms with Crippen LogP contribution in [0.5, 0.6) is 0 Å². The summed E-state index contributed by atoms with van der Waals surface area (Å²) in [7, 11) is 0. The molecular formula is C24H21N3O. The van der Waals surface area contributed by atoms with Gasteiger partial charge in [0.05, 0.1) is 6.54 Å². The summed E-state index contributed by atoms with van der Waals surface area (Å²) >= 11 is 0. The Morgan fingerprint density at radius 1 is 0.750 bits per heavy atom. The van der Waals surface area contributed by atoms with Crippen molar-refractivity contribution in [1.82, 2.24) is 4.57 Å². The van der Waals surface area contributed by atoms with Crippen molar-refractivity contribution < 1.29 is 4.79 Å². The lowest BCUT2D eigenvalue weighted by atomic mass is 10.2. The van der Waals surface area contributed by atoms with E-state index in [-0.39, 0.29) is 6.03 Å². The molecule has 1 heterocycles. The van der Waals surface area contributed by atoms with E-state index in [2.05, 4.69) is 5.32 Å². The predicted molar refractivity (Wildman–Crippen MR) is 114 cm³/mol. The molecule has 0 saturated carbocycles. The van der Waals surface area contributed by atoms with Gasteiger partial charge in [0.25, 0.3) is 0 Å². The molecule has 4 heteroatoms. The number of carbonyl (C=O) groups excluding carboxylic acids is 1. The minimum atomic E-state index is -0.163. The standard InChI is InChI=1S/C24H21N3O/c28-24(25-21-13-15-22(16-14-21)26-17-7-8-18-26)27(23-11-5-2-6-12-23)19-20-9-3-1-4-10-20/h1-18H,19H2,(H,25,28). The smallest absolute Gasteiger partial charge is 0.324 e. The van der Waals surface area contributed by atoms with Gasteiger partial charge in [-0.1, -0.05) is 48.5 Å². The molecule has 4 rings (SSSR count). The number of amides is 2. The molecule has 4 nitrogen and oxygen atoms in total. The summed E-state index contributed by atoms with van der Waals surface area (Å²) in [5.41, 5.74) is 3.74. The molecule has 0 bridgehead atoms. The van der Waals surface area contributed by atoms with Crippen molar-refractivity contribution in [3.63, 3.8) is 0 Å². The average Bonchev–Trinajstić information content (AvgIpc) is 3.29. The zero-order valence-electron chi connectivity index (χ0n) is 15.4. The molecule has 1 aromatic heterocycles. The first-order chi connectivity index (χ1) is 13.8. The Kier molecular flexibility index (Phi) is 5.20. The lowest BCUT2D eigenvalue weighted by molar-refractivity contribution is 0.256. The lowest BCUT2D eigenvalue weighted by Crippen LogP contribution is -2.34. The number of benzene rings is 3. The summed E-state index contributed by atoms with van der Waals surface area (Å²) in [4.78, 5) is 14.8. The highest BCUT2D eigenvalue weighted by molar-refractivity contribution is 6.01. The maximum Gasteiger partial charge on any atom is 0.326 e. The van der Waals surface area contributed by atoms with Gasteiger partial charge in [-0.3, -0.25) is 4.90 Å². The molecule has 4 aromatic rings. The number of urea groups is 1. The molecule has 0 spiro atoms. The molecule has 0 aliphatic heterocycles. The normalized spacial score (nSPS) is 10.4. The highest BCUT2D eigenvalue weighted by Gasteiger charge is 2.16. The monoisotopic (exact) mass is 367 g/mol. The number of hydrogen-bond acceptors (Lipinski definition) is 1. The van der Waals surface area contributed by atoms with E-state index in [9.17, 15) is 4.79 Å². The molecule has 2 amide bonds. The van der Waals surface area contributed by atoms with E-state index in [1.165, 1.54) is 0 Å². The zero-order valence-corrected chi connectivity index (χ0v) is 15.4. The van der Waals surface area contributed by atoms with Crippen LogP contribution in [-0.2, 0) is 6.54 Å². The zero-order chi connectivity index (χ0) is 19.2. The molecule has 28 heavy (non-hydrogen) atoms. The molecule has 0 aliphatic rings. The highest BCUT2D eigenvalue weighted by Crippen LogP contribution is 2.20. The second-order valence-corrected chi connectivity index (χ2v) is 6.47. The second-order valence-electron chi connectivity index (χ2n) is 6.47. The van der Waals surface area contributed by atoms with Crippen molar-refractivity contribution in [1.29, 1.82) is 0 Å². The number of hydrogen-bond donors (Lipinski definition) is 1. The maximum absolute atomic E-state index is 13.0. The quantitative estimate of drug-likeness (QED) is 0.481. The minimum absolute atomic E-state index is 0.163. The fourth-order valence-electron chi connectivity index (χ4n) is 3.07. The van der Waals surface area contributed by atoms with Gasteiger partial charge in [0.15, 0.2) is 0 Å². The van der Waals surface area contributed by atoms with Crippen LogP contribution in [0.1, 0.15) is 5.56 Å². The number of aromatic nitrogens is 1. The fourth-order valence-corrected chi connectivity index (χ4v) is 3.07. The van der Waals surface area contributed by atoms with E-state index in [1.54, 1.807) is 4.90 Å². The Bertz CT molecular complexity index is 1010. The van der Waals surface area contributed by atoms with Crippen LogP contribution in [0.3, 0.4) is 0 Å². The largest absolute Gasteiger partial charge is 0.326 e. The number of nitrogens with zero attached hydrogens (tertiary/aromatic N) is 2. The summed E-state index contributed by atoms with van der Waals surface area (Å²) in [6.07, 6.45) is 3.98. The molecule has 0 aliphatic carbocycles. The van der Waals surface area contributed by atoms with Gasteiger partial charge in [-0.2, -0.15) is 0 Å². The van der Waals surface area contributed by atoms with Crippen LogP contribution < -0.4 is 10.2 Å². The third-order valence-electron chi connectivity index (χ3n) is 4.52. The van der Waals surface area contributed by atoms with E-state index in [1.807, 2.05) is 114 Å². The third-order valence-corrected chi connectivity index (χ3v) is 4.52. The van der Waals surface area contributed by atoms with Crippen LogP contribution in [0.25, 0.3) is 5.69 Å². The predicted octanol–water partition coefficient (Wildman–Crippen LogP) is 5.72. The Morgan fingerprint density at radius 2 is 1.36 bits per heavy atom. The molecule has 3 aromatic carbocycles. The summed E-state index contributed by atoms with van der Waals surface area (Å²) in [6, 6.07) is 31.3. The van der Waals surface area contributed by atoms with Crippen molar-refractivity contribution in [3.05, 3.63) is 115 Å². The number of rotatable bonds is 5. The molecule has 0 saturated heterocycles. The molecule has 1 N–H and O–H groups in total. The Labute approximate surface area is 164 Å². The molecule has 138 valence electrons. The first-order valence-electron chi connectivity index (χ1n) is 9.20. The summed E-state index contributed by atoms with van der Waals surface area (Å²) in [5.74, 6) is 0. The summed E-state index contributed by atoms with van der Waals surface area (Å²) in [5, 5.41) is 3.01. The van der Waals surface area contributed by atoms with E-state index in [0.29, 0.717) is 6.54 Å². The van der Waals surface area contributed by atoms with E-state index in [4.69, 9.17) is 0 Å². The van der Waals surface area contributed by atoms with Crippen molar-refractivity contribution in [2.75, 3.05) is 10.2 Å². The highest BCUT2D eigenvalue weighted by atomic mass is 16.2. The van der Waals surface area contributed by atoms with Gasteiger partial charge in [-0.05, 0) is 54.1 Å². The first kappa shape index (κ1) is 17.6. The van der Waals surface area contributed by atoms with Crippen LogP contribution in [0, 0.1) is 0 Å². The third kappa shape index (κ3) is 4.13. The lowest BCUT2D eigenvalue weighted by Gasteiger charge is -2.23. The van der Waals surface area contributed by atoms with Gasteiger partial charge < -0.3 is 9.88 Å². The number of para-hydroxylation sites is 1. The number of anilines is 2. The average molecular weight is 367 g/mol. The van der Waals surface area contributed by atoms with E-state index in [0.717, 1.165) is 22.6 Å². The van der Waals surface area contributed by atoms with Crippen molar-refractivity contribution >= 4 is 17.4 Å². The topological polar surface area (TPSA) is 37.3 Å². The van der Waals surface area contributed by atoms with Crippen molar-refractivity contribution in [2.45, 2.75) is 6.54 Å². The van der Waals surface area contributed by atoms with Gasteiger partial charge in [0, 0.05) is 29.5 Å². The van der Waals surface area contributed by atoms with Crippen LogP contribution >= 0.6 is 0 Å². The number of nitrogens with one attached hydrogen (secondary N) is 1. The number of carbonyl (C=O) groups is 1. The van der Waals surface area contributed by atoms with Gasteiger partial charge >= 0.3 is 6.03 Å². The van der Waals surface area contributed by atoms with Gasteiger partial charge in [-0.25, -0.2) is 4.79 Å². The first-order valence-corrected chi connectivity index (χ1v) is 9.20. The van der Waals surface area contributed by atoms with Gasteiger partial charge in [-0.15, -0.1) is 0 Å². The Hall–Kier alpha value is -3.79. The van der Waals surface area contributed by atoms with E-state index < -0.39 is 0 Å². The SMILES string of the molecule is O=C(Nc1ccc(-n2cccc2)cc1)N(Cc1ccccc1)c1ccccc1.